The molecule has 2 aromatic carbocycles. The van der Waals surface area contributed by atoms with Crippen molar-refractivity contribution in [3.8, 4) is 11.8 Å². The quantitative estimate of drug-likeness (QED) is 0.0632. The molecule has 34 nitrogen and oxygen atoms in total. The van der Waals surface area contributed by atoms with Crippen LogP contribution in [0.5, 0.6) is 0 Å². The molecule has 34 heteroatoms. The Hall–Kier alpha value is -5.61. The Morgan fingerprint density at radius 3 is 0.873 bits per heavy atom. The predicted octanol–water partition coefficient (Wildman–Crippen LogP) is 2.40. The van der Waals surface area contributed by atoms with Gasteiger partial charge in [0, 0.05) is 43.6 Å². The first-order valence-electron chi connectivity index (χ1n) is 38.1. The van der Waals surface area contributed by atoms with Crippen LogP contribution in [0.15, 0.2) is 48.5 Å². The van der Waals surface area contributed by atoms with Gasteiger partial charge in [0.1, 0.15) is 0 Å². The molecule has 0 fully saturated rings. The van der Waals surface area contributed by atoms with Gasteiger partial charge in [0.15, 0.2) is 0 Å². The Kier molecular flexibility index (Phi) is 68.2. The normalized spacial score (nSPS) is 11.8. The average Bonchev–Trinajstić information content (AvgIpc) is 0.805. The lowest BCUT2D eigenvalue weighted by Gasteiger charge is -2.26. The van der Waals surface area contributed by atoms with E-state index in [9.17, 15) is 24.0 Å². The third kappa shape index (κ3) is 61.9. The van der Waals surface area contributed by atoms with Crippen molar-refractivity contribution >= 4 is 35.3 Å². The zero-order valence-electron chi connectivity index (χ0n) is 64.6. The summed E-state index contributed by atoms with van der Waals surface area (Å²) >= 11 is 0. The minimum Gasteiger partial charge on any atom is -0.481 e. The highest BCUT2D eigenvalue weighted by atomic mass is 16.6. The van der Waals surface area contributed by atoms with Gasteiger partial charge in [-0.1, -0.05) is 42.2 Å². The van der Waals surface area contributed by atoms with E-state index in [0.29, 0.717) is 323 Å². The van der Waals surface area contributed by atoms with Crippen LogP contribution in [0.1, 0.15) is 48.8 Å². The van der Waals surface area contributed by atoms with Gasteiger partial charge >= 0.3 is 11.9 Å². The number of para-hydroxylation sites is 1. The van der Waals surface area contributed by atoms with Gasteiger partial charge in [-0.15, -0.1) is 0 Å². The summed E-state index contributed by atoms with van der Waals surface area (Å²) in [5.74, 6) is 4.15. The lowest BCUT2D eigenvalue weighted by molar-refractivity contribution is -0.139. The van der Waals surface area contributed by atoms with Gasteiger partial charge in [-0.05, 0) is 23.8 Å². The number of carboxylic acids is 2. The minimum absolute atomic E-state index is 0.0293. The lowest BCUT2D eigenvalue weighted by Crippen LogP contribution is -2.37. The maximum atomic E-state index is 13.4. The van der Waals surface area contributed by atoms with Crippen molar-refractivity contribution in [3.05, 3.63) is 65.2 Å². The van der Waals surface area contributed by atoms with E-state index in [2.05, 4.69) is 17.2 Å². The number of nitrogens with zero attached hydrogens (tertiary/aromatic N) is 2. The molecule has 0 unspecified atom stereocenters. The molecule has 0 aromatic heterocycles. The van der Waals surface area contributed by atoms with E-state index in [0.717, 1.165) is 22.4 Å². The largest absolute Gasteiger partial charge is 0.481 e. The van der Waals surface area contributed by atoms with Crippen LogP contribution in [0.3, 0.4) is 0 Å². The maximum Gasteiger partial charge on any atom is 0.305 e. The highest BCUT2D eigenvalue weighted by Crippen LogP contribution is 2.26. The summed E-state index contributed by atoms with van der Waals surface area (Å²) in [7, 11) is 0. The number of amides is 3. The molecule has 3 amide bonds. The molecule has 630 valence electrons. The van der Waals surface area contributed by atoms with E-state index in [1.54, 1.807) is 9.80 Å². The van der Waals surface area contributed by atoms with Gasteiger partial charge < -0.3 is 139 Å². The van der Waals surface area contributed by atoms with E-state index in [-0.39, 0.29) is 69.6 Å². The first-order valence-corrected chi connectivity index (χ1v) is 38.1. The van der Waals surface area contributed by atoms with Gasteiger partial charge in [0.25, 0.3) is 0 Å². The minimum atomic E-state index is -0.895. The number of anilines is 1. The third-order valence-electron chi connectivity index (χ3n) is 14.9. The van der Waals surface area contributed by atoms with Gasteiger partial charge in [0.2, 0.25) is 17.7 Å². The van der Waals surface area contributed by atoms with Crippen molar-refractivity contribution in [2.75, 3.05) is 342 Å². The average molecular weight is 1580 g/mol. The molecule has 3 rings (SSSR count). The van der Waals surface area contributed by atoms with Crippen LogP contribution in [0, 0.1) is 11.8 Å². The number of aliphatic carboxylic acids is 2. The zero-order valence-corrected chi connectivity index (χ0v) is 64.6. The monoisotopic (exact) mass is 1580 g/mol. The topological polar surface area (TPSA) is 366 Å². The Balaban J connectivity index is 1.10. The molecule has 0 radical (unpaired) electrons. The van der Waals surface area contributed by atoms with Crippen LogP contribution in [0.25, 0.3) is 0 Å². The molecule has 2 aromatic rings. The molecule has 1 aliphatic rings. The number of hydrogen-bond acceptors (Lipinski definition) is 29. The number of carbonyl (C=O) groups excluding carboxylic acids is 3. The van der Waals surface area contributed by atoms with Crippen molar-refractivity contribution in [1.29, 1.82) is 0 Å². The second kappa shape index (κ2) is 76.0. The highest BCUT2D eigenvalue weighted by molar-refractivity contribution is 5.97. The summed E-state index contributed by atoms with van der Waals surface area (Å²) in [5, 5.41) is 20.0. The first-order chi connectivity index (χ1) is 54.2. The molecule has 0 saturated carbocycles. The van der Waals surface area contributed by atoms with Crippen LogP contribution in [0.2, 0.25) is 0 Å². The Morgan fingerprint density at radius 1 is 0.300 bits per heavy atom. The second-order valence-corrected chi connectivity index (χ2v) is 23.4. The molecule has 0 bridgehead atoms. The summed E-state index contributed by atoms with van der Waals surface area (Å²) in [6, 6.07) is 15.3. The Morgan fingerprint density at radius 2 is 0.555 bits per heavy atom. The van der Waals surface area contributed by atoms with Crippen molar-refractivity contribution in [1.82, 2.24) is 10.2 Å². The molecular weight excluding hydrogens is 1450 g/mol. The predicted molar refractivity (Wildman–Crippen MR) is 398 cm³/mol. The summed E-state index contributed by atoms with van der Waals surface area (Å²) < 4.78 is 133. The number of nitrogens with one attached hydrogen (secondary N) is 1. The standard InChI is InChI=1S/C76H125N3O31/c80-72(11-12-74(82)79-67-70-7-2-1-5-68(70)9-10-69-6-3-4-8-71(69)79)77-16-22-90-28-34-96-40-46-102-52-58-108-64-61-105-55-49-99-43-37-93-31-25-87-19-13-73(81)78(17-23-91-29-35-97-41-47-103-53-59-109-65-62-106-56-50-100-44-38-94-32-26-88-20-14-75(83)84)18-24-92-30-36-98-42-48-104-54-60-110-66-63-107-57-51-101-45-39-95-33-27-89-21-15-76(85)86/h1-8H,11-67H2,(H,77,80)(H,83,84)(H,85,86). The molecule has 0 spiro atoms. The van der Waals surface area contributed by atoms with E-state index >= 15 is 0 Å². The van der Waals surface area contributed by atoms with E-state index in [4.69, 9.17) is 124 Å². The maximum absolute atomic E-state index is 13.4. The Bertz CT molecular complexity index is 2510. The van der Waals surface area contributed by atoms with Crippen molar-refractivity contribution in [2.45, 2.75) is 38.6 Å². The van der Waals surface area contributed by atoms with Crippen LogP contribution in [0.4, 0.5) is 5.69 Å². The fourth-order valence-corrected chi connectivity index (χ4v) is 9.19. The molecular formula is C76H125N3O31. The van der Waals surface area contributed by atoms with E-state index in [1.165, 1.54) is 0 Å². The number of carboxylic acid groups (broad SMARTS) is 2. The summed E-state index contributed by atoms with van der Waals surface area (Å²) in [4.78, 5) is 63.6. The number of benzene rings is 2. The van der Waals surface area contributed by atoms with E-state index in [1.807, 2.05) is 48.5 Å². The van der Waals surface area contributed by atoms with E-state index < -0.39 is 11.9 Å². The van der Waals surface area contributed by atoms with Crippen LogP contribution in [-0.2, 0) is 144 Å². The highest BCUT2D eigenvalue weighted by Gasteiger charge is 2.22. The number of carbonyl (C=O) groups is 5. The van der Waals surface area contributed by atoms with Crippen LogP contribution in [-0.4, -0.2) is 382 Å². The summed E-state index contributed by atoms with van der Waals surface area (Å²) in [5.41, 5.74) is 3.35. The second-order valence-electron chi connectivity index (χ2n) is 23.4. The number of rotatable bonds is 84. The van der Waals surface area contributed by atoms with Crippen molar-refractivity contribution in [2.24, 2.45) is 0 Å². The van der Waals surface area contributed by atoms with Gasteiger partial charge in [-0.3, -0.25) is 24.0 Å². The number of ether oxygens (including phenoxy) is 24. The lowest BCUT2D eigenvalue weighted by atomic mass is 10.0. The van der Waals surface area contributed by atoms with Crippen LogP contribution < -0.4 is 10.2 Å². The van der Waals surface area contributed by atoms with Crippen molar-refractivity contribution in [3.63, 3.8) is 0 Å². The van der Waals surface area contributed by atoms with Gasteiger partial charge in [-0.2, -0.15) is 0 Å². The number of fused-ring (bicyclic) bond motifs is 2. The summed E-state index contributed by atoms with van der Waals surface area (Å²) in [6.45, 7) is 19.5. The van der Waals surface area contributed by atoms with Crippen molar-refractivity contribution < 1.29 is 148 Å². The molecule has 110 heavy (non-hydrogen) atoms. The fraction of sp³-hybridized carbons (Fsp3) is 0.750. The molecule has 1 heterocycles. The third-order valence-corrected chi connectivity index (χ3v) is 14.9. The molecule has 3 N–H and O–H groups in total. The smallest absolute Gasteiger partial charge is 0.305 e. The van der Waals surface area contributed by atoms with Gasteiger partial charge in [-0.25, -0.2) is 0 Å². The molecule has 0 aliphatic carbocycles. The first kappa shape index (κ1) is 98.6. The molecule has 1 aliphatic heterocycles. The zero-order chi connectivity index (χ0) is 78.4. The molecule has 0 saturated heterocycles. The van der Waals surface area contributed by atoms with Crippen LogP contribution >= 0.6 is 0 Å². The van der Waals surface area contributed by atoms with Gasteiger partial charge in [0.05, 0.1) is 349 Å². The Labute approximate surface area is 648 Å². The fourth-order valence-electron chi connectivity index (χ4n) is 9.19. The SMILES string of the molecule is O=C(O)CCOCCOCCOCCOCCOCCOCCOCCOCCN(CCOCCOCCOCCOCCOCCOCCOCCOCCC(=O)O)C(=O)CCOCCOCCOCCOCCOCCOCCOCCOCCNC(=O)CCC(=O)N1Cc2ccccc2C#Cc2ccccc21. The molecule has 0 atom stereocenters. The number of hydrogen-bond donors (Lipinski definition) is 3. The summed E-state index contributed by atoms with van der Waals surface area (Å²) in [6.07, 6.45) is 0.243.